The first-order valence-corrected chi connectivity index (χ1v) is 4.79. The van der Waals surface area contributed by atoms with E-state index in [1.54, 1.807) is 5.57 Å². The van der Waals surface area contributed by atoms with E-state index in [0.717, 1.165) is 0 Å². The zero-order valence-corrected chi connectivity index (χ0v) is 8.35. The molecule has 1 fully saturated rings. The molecule has 1 rings (SSSR count). The lowest BCUT2D eigenvalue weighted by Crippen LogP contribution is -2.28. The monoisotopic (exact) mass is 165 g/mol. The van der Waals surface area contributed by atoms with Crippen molar-refractivity contribution < 1.29 is 0 Å². The van der Waals surface area contributed by atoms with Gasteiger partial charge >= 0.3 is 0 Å². The highest BCUT2D eigenvalue weighted by Gasteiger charge is 2.17. The second kappa shape index (κ2) is 4.46. The Morgan fingerprint density at radius 2 is 1.92 bits per heavy atom. The summed E-state index contributed by atoms with van der Waals surface area (Å²) >= 11 is 0. The van der Waals surface area contributed by atoms with Gasteiger partial charge in [-0.1, -0.05) is 12.2 Å². The minimum atomic E-state index is 0.694. The Morgan fingerprint density at radius 1 is 1.25 bits per heavy atom. The van der Waals surface area contributed by atoms with Crippen molar-refractivity contribution in [3.63, 3.8) is 0 Å². The van der Waals surface area contributed by atoms with Crippen LogP contribution in [0, 0.1) is 0 Å². The zero-order valence-electron chi connectivity index (χ0n) is 8.35. The molecule has 12 heavy (non-hydrogen) atoms. The lowest BCUT2D eigenvalue weighted by atomic mass is 9.86. The quantitative estimate of drug-likeness (QED) is 0.630. The summed E-state index contributed by atoms with van der Waals surface area (Å²) in [4.78, 5) is 0. The maximum Gasteiger partial charge on any atom is 0.0108 e. The van der Waals surface area contributed by atoms with E-state index in [-0.39, 0.29) is 0 Å². The van der Waals surface area contributed by atoms with Gasteiger partial charge in [0.2, 0.25) is 0 Å². The van der Waals surface area contributed by atoms with Crippen molar-refractivity contribution in [2.45, 2.75) is 39.2 Å². The highest BCUT2D eigenvalue weighted by Crippen LogP contribution is 2.28. The van der Waals surface area contributed by atoms with E-state index in [2.05, 4.69) is 38.4 Å². The second-order valence-corrected chi connectivity index (χ2v) is 3.36. The van der Waals surface area contributed by atoms with Gasteiger partial charge in [-0.15, -0.1) is 0 Å². The number of hydrogen-bond acceptors (Lipinski definition) is 1. The molecule has 1 nitrogen and oxygen atoms in total. The minimum absolute atomic E-state index is 0.694. The summed E-state index contributed by atoms with van der Waals surface area (Å²) in [6.07, 6.45) is 8.22. The van der Waals surface area contributed by atoms with Crippen LogP contribution in [0.25, 0.3) is 0 Å². The normalized spacial score (nSPS) is 31.4. The smallest absolute Gasteiger partial charge is 0.0108 e. The van der Waals surface area contributed by atoms with Crippen molar-refractivity contribution >= 4 is 0 Å². The molecule has 1 unspecified atom stereocenters. The predicted octanol–water partition coefficient (Wildman–Crippen LogP) is 2.65. The highest BCUT2D eigenvalue weighted by molar-refractivity contribution is 5.33. The van der Waals surface area contributed by atoms with Gasteiger partial charge in [-0.2, -0.15) is 0 Å². The molecule has 0 aliphatic heterocycles. The summed E-state index contributed by atoms with van der Waals surface area (Å²) in [5.74, 6) is 0. The van der Waals surface area contributed by atoms with Crippen molar-refractivity contribution in [3.05, 3.63) is 23.3 Å². The predicted molar refractivity (Wildman–Crippen MR) is 54.2 cm³/mol. The summed E-state index contributed by atoms with van der Waals surface area (Å²) in [5, 5.41) is 3.34. The van der Waals surface area contributed by atoms with Gasteiger partial charge in [-0.3, -0.25) is 0 Å². The Kier molecular flexibility index (Phi) is 3.54. The molecule has 0 radical (unpaired) electrons. The first-order valence-electron chi connectivity index (χ1n) is 4.79. The van der Waals surface area contributed by atoms with Gasteiger partial charge in [0, 0.05) is 6.04 Å². The fourth-order valence-electron chi connectivity index (χ4n) is 1.87. The molecule has 1 aliphatic carbocycles. The zero-order chi connectivity index (χ0) is 8.97. The van der Waals surface area contributed by atoms with Crippen molar-refractivity contribution in [3.8, 4) is 0 Å². The molecule has 0 aromatic rings. The minimum Gasteiger partial charge on any atom is -0.317 e. The molecule has 68 valence electrons. The fraction of sp³-hybridized carbons (Fsp3) is 0.636. The van der Waals surface area contributed by atoms with Crippen LogP contribution in [0.3, 0.4) is 0 Å². The van der Waals surface area contributed by atoms with E-state index >= 15 is 0 Å². The molecule has 0 aromatic carbocycles. The van der Waals surface area contributed by atoms with Gasteiger partial charge in [-0.05, 0) is 51.3 Å². The lowest BCUT2D eigenvalue weighted by Gasteiger charge is -2.26. The molecule has 0 bridgehead atoms. The van der Waals surface area contributed by atoms with Crippen molar-refractivity contribution in [1.82, 2.24) is 5.32 Å². The Balaban J connectivity index is 2.67. The van der Waals surface area contributed by atoms with Crippen molar-refractivity contribution in [2.75, 3.05) is 7.05 Å². The molecule has 0 spiro atoms. The van der Waals surface area contributed by atoms with E-state index in [4.69, 9.17) is 0 Å². The number of allylic oxidation sites excluding steroid dienone is 3. The molecular formula is C11H19N. The lowest BCUT2D eigenvalue weighted by molar-refractivity contribution is 0.492. The third-order valence-corrected chi connectivity index (χ3v) is 2.75. The van der Waals surface area contributed by atoms with Crippen molar-refractivity contribution in [2.24, 2.45) is 0 Å². The summed E-state index contributed by atoms with van der Waals surface area (Å²) in [5.41, 5.74) is 3.08. The van der Waals surface area contributed by atoms with E-state index in [9.17, 15) is 0 Å². The summed E-state index contributed by atoms with van der Waals surface area (Å²) in [6, 6.07) is 0.694. The summed E-state index contributed by atoms with van der Waals surface area (Å²) in [6.45, 7) is 4.27. The van der Waals surface area contributed by atoms with Gasteiger partial charge in [0.1, 0.15) is 0 Å². The molecule has 0 amide bonds. The first-order chi connectivity index (χ1) is 5.81. The van der Waals surface area contributed by atoms with E-state index in [0.29, 0.717) is 6.04 Å². The summed E-state index contributed by atoms with van der Waals surface area (Å²) in [7, 11) is 2.05. The molecule has 1 saturated carbocycles. The Bertz CT molecular complexity index is 201. The van der Waals surface area contributed by atoms with Gasteiger partial charge in [0.15, 0.2) is 0 Å². The number of rotatable bonds is 1. The highest BCUT2D eigenvalue weighted by atomic mass is 14.9. The second-order valence-electron chi connectivity index (χ2n) is 3.36. The molecule has 0 aromatic heterocycles. The van der Waals surface area contributed by atoms with Crippen LogP contribution in [-0.2, 0) is 0 Å². The van der Waals surface area contributed by atoms with Crippen LogP contribution >= 0.6 is 0 Å². The van der Waals surface area contributed by atoms with E-state index in [1.165, 1.54) is 24.8 Å². The Morgan fingerprint density at radius 3 is 2.42 bits per heavy atom. The third kappa shape index (κ3) is 1.98. The van der Waals surface area contributed by atoms with Crippen LogP contribution < -0.4 is 5.32 Å². The van der Waals surface area contributed by atoms with Crippen LogP contribution in [0.2, 0.25) is 0 Å². The van der Waals surface area contributed by atoms with Crippen LogP contribution in [0.4, 0.5) is 0 Å². The Hall–Kier alpha value is -0.560. The molecule has 1 N–H and O–H groups in total. The molecule has 1 heteroatoms. The maximum atomic E-state index is 3.34. The van der Waals surface area contributed by atoms with Crippen LogP contribution in [0.15, 0.2) is 23.3 Å². The topological polar surface area (TPSA) is 12.0 Å². The molecule has 0 saturated heterocycles. The fourth-order valence-corrected chi connectivity index (χ4v) is 1.87. The third-order valence-electron chi connectivity index (χ3n) is 2.75. The standard InChI is InChI=1S/C11H19N/c1-4-9-6-7-11(12-3)8-10(9)5-2/h4-5,11-12H,6-8H2,1-3H3/b9-4-,10-5-. The van der Waals surface area contributed by atoms with Gasteiger partial charge < -0.3 is 5.32 Å². The van der Waals surface area contributed by atoms with Gasteiger partial charge in [0.25, 0.3) is 0 Å². The average molecular weight is 165 g/mol. The molecule has 1 aliphatic rings. The van der Waals surface area contributed by atoms with E-state index in [1.807, 2.05) is 0 Å². The van der Waals surface area contributed by atoms with Gasteiger partial charge in [-0.25, -0.2) is 0 Å². The van der Waals surface area contributed by atoms with Crippen LogP contribution in [0.1, 0.15) is 33.1 Å². The average Bonchev–Trinajstić information content (AvgIpc) is 2.16. The van der Waals surface area contributed by atoms with Crippen molar-refractivity contribution in [1.29, 1.82) is 0 Å². The maximum absolute atomic E-state index is 3.34. The van der Waals surface area contributed by atoms with Gasteiger partial charge in [0.05, 0.1) is 0 Å². The van der Waals surface area contributed by atoms with Crippen LogP contribution in [0.5, 0.6) is 0 Å². The SMILES string of the molecule is C/C=C1/CCC(NC)C/C1=C/C. The molecule has 1 atom stereocenters. The molecule has 0 heterocycles. The summed E-state index contributed by atoms with van der Waals surface area (Å²) < 4.78 is 0. The first kappa shape index (κ1) is 9.53. The number of nitrogens with one attached hydrogen (secondary N) is 1. The molecular weight excluding hydrogens is 146 g/mol. The Labute approximate surface area is 75.6 Å². The number of hydrogen-bond donors (Lipinski definition) is 1. The van der Waals surface area contributed by atoms with E-state index < -0.39 is 0 Å². The van der Waals surface area contributed by atoms with Crippen LogP contribution in [-0.4, -0.2) is 13.1 Å². The largest absolute Gasteiger partial charge is 0.317 e.